The summed E-state index contributed by atoms with van der Waals surface area (Å²) in [6.07, 6.45) is 0. The van der Waals surface area contributed by atoms with Gasteiger partial charge in [0.1, 0.15) is 6.02 Å². The second kappa shape index (κ2) is 2.54. The van der Waals surface area contributed by atoms with Crippen LogP contribution >= 0.6 is 0 Å². The van der Waals surface area contributed by atoms with Gasteiger partial charge in [0.15, 0.2) is 0 Å². The Balaban J connectivity index is 4.57. The minimum Gasteiger partial charge on any atom is -0.480 e. The van der Waals surface area contributed by atoms with Crippen LogP contribution in [0.25, 0.3) is 0 Å². The lowest BCUT2D eigenvalue weighted by Crippen LogP contribution is -2.33. The van der Waals surface area contributed by atoms with Crippen LogP contribution in [0.1, 0.15) is 4.11 Å². The number of rotatable bonds is 2. The molecule has 0 fully saturated rings. The molecule has 0 aromatic rings. The molecule has 7 heavy (non-hydrogen) atoms. The molecular formula is C3H7NO3. The molecule has 0 aliphatic rings. The number of hydrogen-bond donors (Lipinski definition) is 3. The highest BCUT2D eigenvalue weighted by atomic mass is 16.4. The summed E-state index contributed by atoms with van der Waals surface area (Å²) >= 11 is 0. The first-order valence-corrected chi connectivity index (χ1v) is 1.44. The predicted octanol–water partition coefficient (Wildman–Crippen LogP) is -1.61. The van der Waals surface area contributed by atoms with Gasteiger partial charge in [0.05, 0.1) is 10.7 Å². The Morgan fingerprint density at radius 1 is 2.29 bits per heavy atom. The van der Waals surface area contributed by atoms with Gasteiger partial charge in [0, 0.05) is 0 Å². The molecular weight excluding hydrogens is 98.0 g/mol. The number of aliphatic hydroxyl groups is 1. The predicted molar refractivity (Wildman–Crippen MR) is 22.7 cm³/mol. The van der Waals surface area contributed by atoms with Crippen LogP contribution in [0.3, 0.4) is 0 Å². The van der Waals surface area contributed by atoms with Gasteiger partial charge in [0.25, 0.3) is 0 Å². The number of aliphatic carboxylic acids is 1. The molecule has 4 N–H and O–H groups in total. The van der Waals surface area contributed by atoms with E-state index in [2.05, 4.69) is 5.73 Å². The van der Waals surface area contributed by atoms with E-state index in [0.29, 0.717) is 0 Å². The van der Waals surface area contributed by atoms with Crippen molar-refractivity contribution in [3.05, 3.63) is 0 Å². The van der Waals surface area contributed by atoms with E-state index in [1.54, 1.807) is 0 Å². The van der Waals surface area contributed by atoms with E-state index in [9.17, 15) is 4.79 Å². The van der Waals surface area contributed by atoms with Crippen LogP contribution in [0.4, 0.5) is 0 Å². The molecule has 4 nitrogen and oxygen atoms in total. The maximum absolute atomic E-state index is 9.96. The fourth-order valence-corrected chi connectivity index (χ4v) is 0.0478. The second-order valence-electron chi connectivity index (χ2n) is 0.831. The molecule has 0 aliphatic heterocycles. The monoisotopic (exact) mass is 108 g/mol. The Kier molecular flexibility index (Phi) is 0.958. The standard InChI is InChI=1S/C3H7NO3/c4-2(1-5)3(6)7/h2,5H,1,4H2,(H,6,7)/i1D2,2D. The highest BCUT2D eigenvalue weighted by Gasteiger charge is 2.06. The van der Waals surface area contributed by atoms with E-state index < -0.39 is 18.5 Å². The van der Waals surface area contributed by atoms with Crippen molar-refractivity contribution in [2.24, 2.45) is 5.73 Å². The van der Waals surface area contributed by atoms with Crippen LogP contribution in [0.5, 0.6) is 0 Å². The van der Waals surface area contributed by atoms with Crippen molar-refractivity contribution in [3.63, 3.8) is 0 Å². The van der Waals surface area contributed by atoms with Crippen molar-refractivity contribution in [2.75, 3.05) is 6.56 Å². The molecule has 1 unspecified atom stereocenters. The molecule has 0 aromatic heterocycles. The van der Waals surface area contributed by atoms with E-state index in [0.717, 1.165) is 0 Å². The van der Waals surface area contributed by atoms with Gasteiger partial charge in [-0.15, -0.1) is 0 Å². The first-order chi connectivity index (χ1) is 4.19. The summed E-state index contributed by atoms with van der Waals surface area (Å²) in [6, 6.07) is -3.01. The van der Waals surface area contributed by atoms with Crippen molar-refractivity contribution in [2.45, 2.75) is 6.02 Å². The van der Waals surface area contributed by atoms with Gasteiger partial charge in [0.2, 0.25) is 0 Å². The van der Waals surface area contributed by atoms with Gasteiger partial charge in [-0.25, -0.2) is 0 Å². The third-order valence-corrected chi connectivity index (χ3v) is 0.351. The minimum atomic E-state index is -3.24. The molecule has 0 amide bonds. The second-order valence-corrected chi connectivity index (χ2v) is 0.831. The maximum atomic E-state index is 9.96. The summed E-state index contributed by atoms with van der Waals surface area (Å²) < 4.78 is 19.4. The zero-order valence-corrected chi connectivity index (χ0v) is 3.38. The number of carboxylic acid groups (broad SMARTS) is 1. The summed E-state index contributed by atoms with van der Waals surface area (Å²) in [5, 5.41) is 16.4. The first kappa shape index (κ1) is 2.64. The molecule has 4 heteroatoms. The summed E-state index contributed by atoms with van der Waals surface area (Å²) in [7, 11) is 0. The van der Waals surface area contributed by atoms with E-state index >= 15 is 0 Å². The Hall–Kier alpha value is -0.610. The lowest BCUT2D eigenvalue weighted by molar-refractivity contribution is -0.139. The Morgan fingerprint density at radius 2 is 2.71 bits per heavy atom. The van der Waals surface area contributed by atoms with Gasteiger partial charge in [-0.2, -0.15) is 0 Å². The third kappa shape index (κ3) is 2.13. The molecule has 42 valence electrons. The number of hydrogen-bond acceptors (Lipinski definition) is 3. The summed E-state index contributed by atoms with van der Waals surface area (Å²) in [5.41, 5.74) is 4.58. The van der Waals surface area contributed by atoms with Crippen LogP contribution in [-0.4, -0.2) is 28.8 Å². The smallest absolute Gasteiger partial charge is 0.322 e. The number of carboxylic acids is 1. The van der Waals surface area contributed by atoms with Gasteiger partial charge in [-0.3, -0.25) is 4.79 Å². The normalized spacial score (nSPS) is 26.3. The van der Waals surface area contributed by atoms with E-state index in [-0.39, 0.29) is 0 Å². The minimum absolute atomic E-state index is 1.92. The van der Waals surface area contributed by atoms with Crippen LogP contribution in [-0.2, 0) is 4.79 Å². The molecule has 0 rings (SSSR count). The fourth-order valence-electron chi connectivity index (χ4n) is 0.0478. The molecule has 0 saturated carbocycles. The SMILES string of the molecule is [2H]C([2H])(O)C([2H])(N)C(=O)O. The molecule has 0 aliphatic carbocycles. The number of nitrogens with two attached hydrogens (primary N) is 1. The molecule has 0 heterocycles. The lowest BCUT2D eigenvalue weighted by Gasteiger charge is -1.96. The topological polar surface area (TPSA) is 83.5 Å². The van der Waals surface area contributed by atoms with Gasteiger partial charge in [-0.1, -0.05) is 0 Å². The Bertz CT molecular complexity index is 152. The van der Waals surface area contributed by atoms with Crippen LogP contribution in [0.15, 0.2) is 0 Å². The van der Waals surface area contributed by atoms with Gasteiger partial charge < -0.3 is 15.9 Å². The zero-order chi connectivity index (χ0) is 8.58. The van der Waals surface area contributed by atoms with E-state index in [1.807, 2.05) is 0 Å². The average Bonchev–Trinajstić information content (AvgIpc) is 1.62. The van der Waals surface area contributed by atoms with Crippen molar-refractivity contribution >= 4 is 5.97 Å². The molecule has 0 aromatic carbocycles. The highest BCUT2D eigenvalue weighted by Crippen LogP contribution is 1.71. The fraction of sp³-hybridized carbons (Fsp3) is 0.667. The van der Waals surface area contributed by atoms with Crippen molar-refractivity contribution in [1.29, 1.82) is 0 Å². The van der Waals surface area contributed by atoms with E-state index in [1.165, 1.54) is 0 Å². The molecule has 0 saturated heterocycles. The van der Waals surface area contributed by atoms with Crippen LogP contribution < -0.4 is 5.73 Å². The zero-order valence-electron chi connectivity index (χ0n) is 6.38. The number of carbonyl (C=O) groups is 1. The summed E-state index contributed by atoms with van der Waals surface area (Å²) in [5.74, 6) is -1.92. The summed E-state index contributed by atoms with van der Waals surface area (Å²) in [4.78, 5) is 9.96. The van der Waals surface area contributed by atoms with Crippen LogP contribution in [0.2, 0.25) is 0 Å². The van der Waals surface area contributed by atoms with Gasteiger partial charge >= 0.3 is 5.97 Å². The average molecular weight is 108 g/mol. The Labute approximate surface area is 44.8 Å². The maximum Gasteiger partial charge on any atom is 0.322 e. The van der Waals surface area contributed by atoms with Crippen molar-refractivity contribution in [1.82, 2.24) is 0 Å². The lowest BCUT2D eigenvalue weighted by atomic mass is 10.3. The summed E-state index contributed by atoms with van der Waals surface area (Å²) in [6.45, 7) is -3.24. The molecule has 0 bridgehead atoms. The van der Waals surface area contributed by atoms with Gasteiger partial charge in [-0.05, 0) is 0 Å². The Morgan fingerprint density at radius 3 is 2.71 bits per heavy atom. The highest BCUT2D eigenvalue weighted by molar-refractivity contribution is 5.73. The molecule has 1 atom stereocenters. The largest absolute Gasteiger partial charge is 0.480 e. The molecule has 0 radical (unpaired) electrons. The van der Waals surface area contributed by atoms with E-state index in [4.69, 9.17) is 14.3 Å². The van der Waals surface area contributed by atoms with Crippen LogP contribution in [0, 0.1) is 0 Å². The first-order valence-electron chi connectivity index (χ1n) is 2.94. The molecule has 0 spiro atoms. The third-order valence-electron chi connectivity index (χ3n) is 0.351. The quantitative estimate of drug-likeness (QED) is 0.397. The van der Waals surface area contributed by atoms with Crippen molar-refractivity contribution < 1.29 is 19.1 Å². The van der Waals surface area contributed by atoms with Crippen molar-refractivity contribution in [3.8, 4) is 0 Å².